The second-order valence-corrected chi connectivity index (χ2v) is 10.7. The molecule has 2 aromatic heterocycles. The van der Waals surface area contributed by atoms with E-state index < -0.39 is 34.9 Å². The van der Waals surface area contributed by atoms with Crippen molar-refractivity contribution in [3.63, 3.8) is 0 Å². The number of piperidine rings is 1. The van der Waals surface area contributed by atoms with Crippen molar-refractivity contribution in [1.29, 1.82) is 0 Å². The summed E-state index contributed by atoms with van der Waals surface area (Å²) in [4.78, 5) is 33.3. The van der Waals surface area contributed by atoms with Gasteiger partial charge in [0.1, 0.15) is 23.3 Å². The molecule has 0 bridgehead atoms. The van der Waals surface area contributed by atoms with Crippen LogP contribution >= 0.6 is 0 Å². The molecule has 1 unspecified atom stereocenters. The van der Waals surface area contributed by atoms with E-state index in [1.165, 1.54) is 29.9 Å². The van der Waals surface area contributed by atoms with Gasteiger partial charge in [-0.3, -0.25) is 14.6 Å². The molecule has 1 N–H and O–H groups in total. The lowest BCUT2D eigenvalue weighted by Gasteiger charge is -2.48. The van der Waals surface area contributed by atoms with E-state index in [4.69, 9.17) is 0 Å². The predicted octanol–water partition coefficient (Wildman–Crippen LogP) is 2.81. The van der Waals surface area contributed by atoms with Gasteiger partial charge in [-0.1, -0.05) is 26.0 Å². The minimum atomic E-state index is -1.27. The van der Waals surface area contributed by atoms with Crippen LogP contribution in [-0.4, -0.2) is 56.9 Å². The van der Waals surface area contributed by atoms with Crippen LogP contribution in [0.2, 0.25) is 0 Å². The lowest BCUT2D eigenvalue weighted by Crippen LogP contribution is -2.57. The third kappa shape index (κ3) is 4.80. The predicted molar refractivity (Wildman–Crippen MR) is 137 cm³/mol. The van der Waals surface area contributed by atoms with Gasteiger partial charge in [0.15, 0.2) is 0 Å². The zero-order valence-electron chi connectivity index (χ0n) is 21.9. The number of amides is 1. The van der Waals surface area contributed by atoms with Crippen LogP contribution in [0.3, 0.4) is 0 Å². The van der Waals surface area contributed by atoms with Crippen LogP contribution < -0.4 is 10.5 Å². The van der Waals surface area contributed by atoms with Crippen molar-refractivity contribution in [2.45, 2.75) is 25.4 Å². The Morgan fingerprint density at radius 2 is 1.64 bits per heavy atom. The maximum atomic E-state index is 14.9. The molecular formula is C28H30F3N5O3. The number of hydrogen-bond acceptors (Lipinski definition) is 6. The van der Waals surface area contributed by atoms with E-state index in [1.807, 2.05) is 13.8 Å². The maximum Gasteiger partial charge on any atom is 0.266 e. The number of aryl methyl sites for hydroxylation is 1. The summed E-state index contributed by atoms with van der Waals surface area (Å²) < 4.78 is 43.3. The SMILES string of the molecule is C[C@@H]1CN(C(=O)[C@H]2CN(c3ccc(=O)n(C)n3)C[C@H]2c2ncc(F)cc2F)C[C@H](C)C1(O)c1ccc(F)cc1. The van der Waals surface area contributed by atoms with Crippen LogP contribution in [0.25, 0.3) is 0 Å². The van der Waals surface area contributed by atoms with E-state index in [9.17, 15) is 27.9 Å². The fourth-order valence-corrected chi connectivity index (χ4v) is 6.07. The fraction of sp³-hybridized carbons (Fsp3) is 0.429. The van der Waals surface area contributed by atoms with Crippen LogP contribution in [0.15, 0.2) is 53.5 Å². The Morgan fingerprint density at radius 1 is 0.974 bits per heavy atom. The van der Waals surface area contributed by atoms with E-state index in [-0.39, 0.29) is 55.2 Å². The number of anilines is 1. The van der Waals surface area contributed by atoms with Crippen molar-refractivity contribution < 1.29 is 23.1 Å². The molecule has 3 aromatic rings. The Labute approximate surface area is 223 Å². The van der Waals surface area contributed by atoms with Crippen LogP contribution in [0.4, 0.5) is 19.0 Å². The van der Waals surface area contributed by atoms with E-state index in [0.29, 0.717) is 11.4 Å². The van der Waals surface area contributed by atoms with Gasteiger partial charge in [-0.2, -0.15) is 5.10 Å². The van der Waals surface area contributed by atoms with E-state index in [2.05, 4.69) is 10.1 Å². The Hall–Kier alpha value is -3.73. The van der Waals surface area contributed by atoms with Gasteiger partial charge >= 0.3 is 0 Å². The van der Waals surface area contributed by atoms with Crippen molar-refractivity contribution in [3.05, 3.63) is 87.7 Å². The molecule has 5 rings (SSSR count). The normalized spacial score (nSPS) is 27.2. The highest BCUT2D eigenvalue weighted by atomic mass is 19.1. The van der Waals surface area contributed by atoms with Crippen LogP contribution in [0.1, 0.15) is 31.0 Å². The smallest absolute Gasteiger partial charge is 0.266 e. The highest BCUT2D eigenvalue weighted by molar-refractivity contribution is 5.82. The number of rotatable bonds is 4. The zero-order chi connectivity index (χ0) is 28.1. The van der Waals surface area contributed by atoms with Gasteiger partial charge in [-0.25, -0.2) is 17.9 Å². The molecule has 8 nitrogen and oxygen atoms in total. The van der Waals surface area contributed by atoms with Crippen molar-refractivity contribution in [1.82, 2.24) is 19.7 Å². The number of pyridine rings is 1. The molecule has 2 aliphatic rings. The molecule has 0 aliphatic carbocycles. The fourth-order valence-electron chi connectivity index (χ4n) is 6.07. The van der Waals surface area contributed by atoms with Gasteiger partial charge in [0.2, 0.25) is 5.91 Å². The largest absolute Gasteiger partial charge is 0.384 e. The third-order valence-electron chi connectivity index (χ3n) is 8.20. The highest BCUT2D eigenvalue weighted by Gasteiger charge is 2.49. The molecule has 1 amide bonds. The number of benzene rings is 1. The standard InChI is InChI=1S/C28H30F3N5O3/c1-16-12-36(13-17(2)28(16,39)18-4-6-19(29)7-5-18)27(38)22-15-35(24-8-9-25(37)34(3)33-24)14-21(22)26-23(31)10-20(30)11-32-26/h4-11,16-17,21-22,39H,12-15H2,1-3H3/t16-,17+,21-,22+,28?/m1/s1. The first kappa shape index (κ1) is 26.9. The first-order valence-electron chi connectivity index (χ1n) is 12.9. The second kappa shape index (κ2) is 10.1. The zero-order valence-corrected chi connectivity index (χ0v) is 21.9. The average molecular weight is 542 g/mol. The molecular weight excluding hydrogens is 511 g/mol. The quantitative estimate of drug-likeness (QED) is 0.547. The first-order valence-corrected chi connectivity index (χ1v) is 12.9. The van der Waals surface area contributed by atoms with Crippen LogP contribution in [0, 0.1) is 35.2 Å². The molecule has 5 atom stereocenters. The molecule has 11 heteroatoms. The van der Waals surface area contributed by atoms with Gasteiger partial charge in [0, 0.05) is 63.1 Å². The van der Waals surface area contributed by atoms with Crippen LogP contribution in [-0.2, 0) is 17.4 Å². The van der Waals surface area contributed by atoms with Gasteiger partial charge in [0.05, 0.1) is 23.4 Å². The number of carbonyl (C=O) groups is 1. The summed E-state index contributed by atoms with van der Waals surface area (Å²) in [7, 11) is 1.52. The number of aromatic nitrogens is 3. The van der Waals surface area contributed by atoms with Gasteiger partial charge in [-0.05, 0) is 23.8 Å². The lowest BCUT2D eigenvalue weighted by molar-refractivity contribution is -0.152. The topological polar surface area (TPSA) is 91.6 Å². The van der Waals surface area contributed by atoms with E-state index in [0.717, 1.165) is 12.3 Å². The summed E-state index contributed by atoms with van der Waals surface area (Å²) >= 11 is 0. The van der Waals surface area contributed by atoms with Gasteiger partial charge in [-0.15, -0.1) is 0 Å². The molecule has 0 radical (unpaired) electrons. The van der Waals surface area contributed by atoms with Crippen molar-refractivity contribution >= 4 is 11.7 Å². The molecule has 206 valence electrons. The molecule has 2 aliphatic heterocycles. The molecule has 4 heterocycles. The Kier molecular flexibility index (Phi) is 6.96. The number of likely N-dealkylation sites (tertiary alicyclic amines) is 1. The van der Waals surface area contributed by atoms with Crippen molar-refractivity contribution in [2.75, 3.05) is 31.1 Å². The van der Waals surface area contributed by atoms with E-state index in [1.54, 1.807) is 28.0 Å². The molecule has 39 heavy (non-hydrogen) atoms. The Bertz CT molecular complexity index is 1440. The number of carbonyl (C=O) groups excluding carboxylic acids is 1. The summed E-state index contributed by atoms with van der Waals surface area (Å²) in [5.41, 5.74) is -0.991. The Balaban J connectivity index is 1.44. The third-order valence-corrected chi connectivity index (χ3v) is 8.20. The lowest BCUT2D eigenvalue weighted by atomic mass is 9.70. The first-order chi connectivity index (χ1) is 18.5. The summed E-state index contributed by atoms with van der Waals surface area (Å²) in [5.74, 6) is -4.01. The molecule has 2 fully saturated rings. The number of aliphatic hydroxyl groups is 1. The molecule has 1 aromatic carbocycles. The monoisotopic (exact) mass is 541 g/mol. The summed E-state index contributed by atoms with van der Waals surface area (Å²) in [6, 6.07) is 9.41. The van der Waals surface area contributed by atoms with Crippen molar-refractivity contribution in [3.8, 4) is 0 Å². The minimum Gasteiger partial charge on any atom is -0.384 e. The summed E-state index contributed by atoms with van der Waals surface area (Å²) in [6.07, 6.45) is 0.931. The van der Waals surface area contributed by atoms with E-state index >= 15 is 0 Å². The average Bonchev–Trinajstić information content (AvgIpc) is 3.33. The number of hydrogen-bond donors (Lipinski definition) is 1. The van der Waals surface area contributed by atoms with Gasteiger partial charge in [0.25, 0.3) is 5.56 Å². The number of halogens is 3. The second-order valence-electron chi connectivity index (χ2n) is 10.7. The van der Waals surface area contributed by atoms with Gasteiger partial charge < -0.3 is 14.9 Å². The molecule has 0 saturated carbocycles. The molecule has 2 saturated heterocycles. The summed E-state index contributed by atoms with van der Waals surface area (Å²) in [6.45, 7) is 4.53. The number of nitrogens with zero attached hydrogens (tertiary/aromatic N) is 5. The molecule has 0 spiro atoms. The highest BCUT2D eigenvalue weighted by Crippen LogP contribution is 2.43. The maximum absolute atomic E-state index is 14.9. The minimum absolute atomic E-state index is 0.0111. The Morgan fingerprint density at radius 3 is 2.26 bits per heavy atom. The van der Waals surface area contributed by atoms with Crippen molar-refractivity contribution in [2.24, 2.45) is 24.8 Å². The summed E-state index contributed by atoms with van der Waals surface area (Å²) in [5, 5.41) is 15.9. The van der Waals surface area contributed by atoms with Crippen LogP contribution in [0.5, 0.6) is 0 Å².